The van der Waals surface area contributed by atoms with E-state index >= 15 is 0 Å². The first-order chi connectivity index (χ1) is 19.3. The average molecular weight is 549 g/mol. The Morgan fingerprint density at radius 2 is 1.30 bits per heavy atom. The molecule has 7 heteroatoms. The van der Waals surface area contributed by atoms with Crippen LogP contribution in [0.25, 0.3) is 33.1 Å². The fraction of sp³-hybridized carbons (Fsp3) is 0. The molecule has 0 radical (unpaired) electrons. The van der Waals surface area contributed by atoms with Crippen molar-refractivity contribution < 1.29 is 17.2 Å². The van der Waals surface area contributed by atoms with Gasteiger partial charge in [-0.25, -0.2) is 26.2 Å². The summed E-state index contributed by atoms with van der Waals surface area (Å²) in [7, 11) is -4.09. The van der Waals surface area contributed by atoms with Crippen molar-refractivity contribution in [1.82, 2.24) is 8.96 Å². The molecule has 0 aliphatic rings. The first-order valence-electron chi connectivity index (χ1n) is 12.4. The fourth-order valence-corrected chi connectivity index (χ4v) is 6.49. The van der Waals surface area contributed by atoms with E-state index in [4.69, 9.17) is 0 Å². The van der Waals surface area contributed by atoms with Crippen molar-refractivity contribution >= 4 is 43.1 Å². The smallest absolute Gasteiger partial charge is 0.237 e. The predicted octanol–water partition coefficient (Wildman–Crippen LogP) is 7.83. The molecule has 6 aromatic rings. The Morgan fingerprint density at radius 1 is 0.700 bits per heavy atom. The summed E-state index contributed by atoms with van der Waals surface area (Å²) in [6.45, 7) is 8.28. The molecular weight excluding hydrogens is 526 g/mol. The number of halogens is 2. The van der Waals surface area contributed by atoms with Gasteiger partial charge in [0.15, 0.2) is 5.65 Å². The molecule has 0 aliphatic heterocycles. The van der Waals surface area contributed by atoms with Crippen LogP contribution in [0.5, 0.6) is 0 Å². The second-order valence-corrected chi connectivity index (χ2v) is 11.1. The molecule has 4 nitrogen and oxygen atoms in total. The molecular formula is C33H22F2N2O2S. The number of pyridine rings is 1. The highest BCUT2D eigenvalue weighted by molar-refractivity contribution is 7.90. The summed E-state index contributed by atoms with van der Waals surface area (Å²) in [5, 5.41) is 1.01. The Kier molecular flexibility index (Phi) is 6.16. The number of fused-ring (bicyclic) bond motifs is 3. The molecule has 4 aromatic carbocycles. The second-order valence-electron chi connectivity index (χ2n) is 9.29. The predicted molar refractivity (Wildman–Crippen MR) is 155 cm³/mol. The molecule has 0 N–H and O–H groups in total. The van der Waals surface area contributed by atoms with Crippen LogP contribution in [-0.2, 0) is 10.0 Å². The van der Waals surface area contributed by atoms with E-state index in [2.05, 4.69) is 18.1 Å². The lowest BCUT2D eigenvalue weighted by Crippen LogP contribution is -2.13. The molecule has 0 saturated carbocycles. The van der Waals surface area contributed by atoms with Crippen molar-refractivity contribution in [3.05, 3.63) is 156 Å². The van der Waals surface area contributed by atoms with Gasteiger partial charge in [0.25, 0.3) is 10.0 Å². The standard InChI is InChI=1S/C33H22F2N2O2S/c1-21(25-12-6-8-14-29(25)34)23-16-17-31-28(20-23)32-27(22(2)26-13-7-9-15-30(26)35)18-19-36-33(32)37(31)40(38,39)24-10-4-3-5-11-24/h3-20H,1-2H2. The van der Waals surface area contributed by atoms with E-state index in [1.165, 1.54) is 34.4 Å². The minimum atomic E-state index is -4.09. The van der Waals surface area contributed by atoms with Crippen molar-refractivity contribution in [1.29, 1.82) is 0 Å². The lowest BCUT2D eigenvalue weighted by molar-refractivity contribution is 0.590. The third-order valence-electron chi connectivity index (χ3n) is 6.96. The number of aromatic nitrogens is 2. The van der Waals surface area contributed by atoms with E-state index in [1.54, 1.807) is 78.9 Å². The molecule has 2 heterocycles. The summed E-state index contributed by atoms with van der Waals surface area (Å²) >= 11 is 0. The maximum Gasteiger partial charge on any atom is 0.269 e. The first kappa shape index (κ1) is 25.4. The Hall–Kier alpha value is -4.88. The second kappa shape index (κ2) is 9.70. The molecule has 0 bridgehead atoms. The molecule has 196 valence electrons. The molecule has 0 unspecified atom stereocenters. The minimum Gasteiger partial charge on any atom is -0.237 e. The number of hydrogen-bond acceptors (Lipinski definition) is 3. The summed E-state index contributed by atoms with van der Waals surface area (Å²) < 4.78 is 58.6. The molecule has 0 aliphatic carbocycles. The molecule has 0 atom stereocenters. The zero-order valence-electron chi connectivity index (χ0n) is 21.2. The SMILES string of the molecule is C=C(c1ccc2c(c1)c1c(C(=C)c3ccccc3F)ccnc1n2S(=O)(=O)c1ccccc1)c1ccccc1F. The molecule has 0 spiro atoms. The summed E-state index contributed by atoms with van der Waals surface area (Å²) in [6, 6.07) is 27.5. The van der Waals surface area contributed by atoms with Crippen LogP contribution in [0.4, 0.5) is 8.78 Å². The van der Waals surface area contributed by atoms with Gasteiger partial charge in [-0.15, -0.1) is 0 Å². The maximum absolute atomic E-state index is 14.8. The largest absolute Gasteiger partial charge is 0.269 e. The van der Waals surface area contributed by atoms with Crippen molar-refractivity contribution in [2.75, 3.05) is 0 Å². The van der Waals surface area contributed by atoms with E-state index in [1.807, 2.05) is 0 Å². The van der Waals surface area contributed by atoms with Gasteiger partial charge in [-0.3, -0.25) is 0 Å². The van der Waals surface area contributed by atoms with Gasteiger partial charge in [0, 0.05) is 28.1 Å². The van der Waals surface area contributed by atoms with Gasteiger partial charge in [-0.2, -0.15) is 0 Å². The molecule has 0 saturated heterocycles. The summed E-state index contributed by atoms with van der Waals surface area (Å²) in [5.41, 5.74) is 3.08. The van der Waals surface area contributed by atoms with E-state index in [9.17, 15) is 17.2 Å². The van der Waals surface area contributed by atoms with E-state index in [0.717, 1.165) is 0 Å². The summed E-state index contributed by atoms with van der Waals surface area (Å²) in [4.78, 5) is 4.57. The highest BCUT2D eigenvalue weighted by Crippen LogP contribution is 2.39. The first-order valence-corrected chi connectivity index (χ1v) is 13.8. The van der Waals surface area contributed by atoms with Gasteiger partial charge in [0.2, 0.25) is 0 Å². The molecule has 0 amide bonds. The zero-order chi connectivity index (χ0) is 28.0. The molecule has 0 fully saturated rings. The summed E-state index contributed by atoms with van der Waals surface area (Å²) in [6.07, 6.45) is 1.48. The number of benzene rings is 4. The minimum absolute atomic E-state index is 0.0915. The van der Waals surface area contributed by atoms with Crippen LogP contribution >= 0.6 is 0 Å². The van der Waals surface area contributed by atoms with E-state index in [0.29, 0.717) is 44.1 Å². The fourth-order valence-electron chi connectivity index (χ4n) is 4.99. The van der Waals surface area contributed by atoms with Crippen molar-refractivity contribution in [2.24, 2.45) is 0 Å². The van der Waals surface area contributed by atoms with Crippen LogP contribution < -0.4 is 0 Å². The normalized spacial score (nSPS) is 11.7. The maximum atomic E-state index is 14.8. The van der Waals surface area contributed by atoms with Crippen LogP contribution in [0.3, 0.4) is 0 Å². The molecule has 40 heavy (non-hydrogen) atoms. The van der Waals surface area contributed by atoms with E-state index < -0.39 is 21.7 Å². The van der Waals surface area contributed by atoms with Crippen molar-refractivity contribution in [3.8, 4) is 0 Å². The van der Waals surface area contributed by atoms with Crippen LogP contribution in [0, 0.1) is 11.6 Å². The Bertz CT molecular complexity index is 2080. The van der Waals surface area contributed by atoms with E-state index in [-0.39, 0.29) is 16.1 Å². The lowest BCUT2D eigenvalue weighted by Gasteiger charge is -2.10. The Balaban J connectivity index is 1.69. The van der Waals surface area contributed by atoms with Crippen molar-refractivity contribution in [2.45, 2.75) is 4.90 Å². The third-order valence-corrected chi connectivity index (χ3v) is 8.68. The monoisotopic (exact) mass is 548 g/mol. The van der Waals surface area contributed by atoms with Crippen molar-refractivity contribution in [3.63, 3.8) is 0 Å². The average Bonchev–Trinajstić information content (AvgIpc) is 3.32. The Labute approximate surface area is 230 Å². The van der Waals surface area contributed by atoms with Crippen LogP contribution in [0.2, 0.25) is 0 Å². The van der Waals surface area contributed by atoms with Crippen LogP contribution in [-0.4, -0.2) is 17.4 Å². The van der Waals surface area contributed by atoms with Gasteiger partial charge < -0.3 is 0 Å². The van der Waals surface area contributed by atoms with Crippen LogP contribution in [0.1, 0.15) is 22.3 Å². The molecule has 2 aromatic heterocycles. The van der Waals surface area contributed by atoms with Gasteiger partial charge >= 0.3 is 0 Å². The number of hydrogen-bond donors (Lipinski definition) is 0. The summed E-state index contributed by atoms with van der Waals surface area (Å²) in [5.74, 6) is -0.872. The van der Waals surface area contributed by atoms with Gasteiger partial charge in [0.05, 0.1) is 10.4 Å². The quantitative estimate of drug-likeness (QED) is 0.213. The highest BCUT2D eigenvalue weighted by Gasteiger charge is 2.27. The van der Waals surface area contributed by atoms with Gasteiger partial charge in [-0.1, -0.05) is 73.8 Å². The zero-order valence-corrected chi connectivity index (χ0v) is 22.0. The van der Waals surface area contributed by atoms with Gasteiger partial charge in [-0.05, 0) is 64.7 Å². The van der Waals surface area contributed by atoms with Gasteiger partial charge in [0.1, 0.15) is 11.6 Å². The third kappa shape index (κ3) is 4.03. The lowest BCUT2D eigenvalue weighted by atomic mass is 9.94. The Morgan fingerprint density at radius 3 is 1.95 bits per heavy atom. The van der Waals surface area contributed by atoms with Crippen LogP contribution in [0.15, 0.2) is 127 Å². The number of rotatable bonds is 6. The topological polar surface area (TPSA) is 52.0 Å². The molecule has 6 rings (SSSR count). The highest BCUT2D eigenvalue weighted by atomic mass is 32.2. The number of nitrogens with zero attached hydrogens (tertiary/aromatic N) is 2.